The van der Waals surface area contributed by atoms with E-state index in [-0.39, 0.29) is 11.3 Å². The average molecular weight is 426 g/mol. The molecule has 0 bridgehead atoms. The Kier molecular flexibility index (Phi) is 5.24. The van der Waals surface area contributed by atoms with E-state index in [4.69, 9.17) is 5.10 Å². The van der Waals surface area contributed by atoms with Gasteiger partial charge in [-0.15, -0.1) is 0 Å². The van der Waals surface area contributed by atoms with Crippen LogP contribution >= 0.6 is 15.9 Å². The summed E-state index contributed by atoms with van der Waals surface area (Å²) in [7, 11) is 0. The van der Waals surface area contributed by atoms with E-state index in [9.17, 15) is 4.79 Å². The Bertz CT molecular complexity index is 982. The quantitative estimate of drug-likeness (QED) is 0.575. The molecule has 0 saturated carbocycles. The number of halogens is 1. The third kappa shape index (κ3) is 4.30. The van der Waals surface area contributed by atoms with Crippen LogP contribution in [0.2, 0.25) is 0 Å². The minimum atomic E-state index is -0.163. The first kappa shape index (κ1) is 19.4. The summed E-state index contributed by atoms with van der Waals surface area (Å²) < 4.78 is 2.71. The first-order valence-electron chi connectivity index (χ1n) is 8.90. The molecule has 3 aromatic rings. The molecule has 0 saturated heterocycles. The summed E-state index contributed by atoms with van der Waals surface area (Å²) in [5.41, 5.74) is 4.58. The van der Waals surface area contributed by atoms with Crippen LogP contribution in [0.15, 0.2) is 53.0 Å². The maximum absolute atomic E-state index is 12.8. The number of anilines is 1. The van der Waals surface area contributed by atoms with Gasteiger partial charge >= 0.3 is 0 Å². The van der Waals surface area contributed by atoms with Crippen LogP contribution in [-0.2, 0) is 5.41 Å². The summed E-state index contributed by atoms with van der Waals surface area (Å²) in [5, 5.41) is 7.77. The highest BCUT2D eigenvalue weighted by molar-refractivity contribution is 9.10. The second-order valence-corrected chi connectivity index (χ2v) is 8.68. The van der Waals surface area contributed by atoms with Crippen molar-refractivity contribution in [1.82, 2.24) is 9.78 Å². The van der Waals surface area contributed by atoms with E-state index in [0.29, 0.717) is 11.4 Å². The Morgan fingerprint density at radius 1 is 1.04 bits per heavy atom. The zero-order valence-electron chi connectivity index (χ0n) is 16.3. The molecule has 1 N–H and O–H groups in total. The number of amides is 1. The lowest BCUT2D eigenvalue weighted by atomic mass is 9.92. The Hall–Kier alpha value is -2.40. The normalized spacial score (nSPS) is 11.5. The van der Waals surface area contributed by atoms with Gasteiger partial charge in [0.25, 0.3) is 5.91 Å². The van der Waals surface area contributed by atoms with Crippen molar-refractivity contribution in [2.75, 3.05) is 5.32 Å². The molecule has 1 amide bonds. The zero-order chi connectivity index (χ0) is 19.8. The molecule has 0 spiro atoms. The van der Waals surface area contributed by atoms with Gasteiger partial charge in [-0.3, -0.25) is 4.79 Å². The van der Waals surface area contributed by atoms with Crippen molar-refractivity contribution in [1.29, 1.82) is 0 Å². The number of nitrogens with one attached hydrogen (secondary N) is 1. The average Bonchev–Trinajstić information content (AvgIpc) is 3.02. The summed E-state index contributed by atoms with van der Waals surface area (Å²) in [5.74, 6) is 0.495. The van der Waals surface area contributed by atoms with Crippen LogP contribution < -0.4 is 5.32 Å². The van der Waals surface area contributed by atoms with Crippen LogP contribution in [0.5, 0.6) is 0 Å². The Morgan fingerprint density at radius 2 is 1.70 bits per heavy atom. The number of benzene rings is 2. The molecule has 2 aromatic carbocycles. The maximum Gasteiger partial charge on any atom is 0.256 e. The van der Waals surface area contributed by atoms with Crippen molar-refractivity contribution in [3.8, 4) is 5.69 Å². The predicted octanol–water partition coefficient (Wildman–Crippen LogP) is 5.80. The fourth-order valence-electron chi connectivity index (χ4n) is 2.64. The number of aryl methyl sites for hydroxylation is 2. The standard InChI is InChI=1S/C22H24BrN3O/c1-14-6-10-17(11-7-14)26-20(13-19(25-26)22(3,4)5)24-21(27)16-9-8-15(2)18(23)12-16/h6-13H,1-5H3,(H,24,27). The molecule has 5 heteroatoms. The lowest BCUT2D eigenvalue weighted by Crippen LogP contribution is -2.15. The number of hydrogen-bond acceptors (Lipinski definition) is 2. The van der Waals surface area contributed by atoms with Gasteiger partial charge < -0.3 is 5.32 Å². The van der Waals surface area contributed by atoms with E-state index < -0.39 is 0 Å². The first-order chi connectivity index (χ1) is 12.6. The van der Waals surface area contributed by atoms with Crippen molar-refractivity contribution >= 4 is 27.7 Å². The zero-order valence-corrected chi connectivity index (χ0v) is 17.9. The molecular weight excluding hydrogens is 402 g/mol. The minimum absolute atomic E-state index is 0.123. The van der Waals surface area contributed by atoms with Crippen molar-refractivity contribution < 1.29 is 4.79 Å². The highest BCUT2D eigenvalue weighted by Gasteiger charge is 2.22. The van der Waals surface area contributed by atoms with Crippen molar-refractivity contribution in [3.05, 3.63) is 75.4 Å². The van der Waals surface area contributed by atoms with Gasteiger partial charge in [0.05, 0.1) is 11.4 Å². The van der Waals surface area contributed by atoms with Crippen molar-refractivity contribution in [2.24, 2.45) is 0 Å². The van der Waals surface area contributed by atoms with E-state index in [2.05, 4.69) is 42.0 Å². The van der Waals surface area contributed by atoms with Gasteiger partial charge in [0.15, 0.2) is 0 Å². The Morgan fingerprint density at radius 3 is 2.30 bits per heavy atom. The van der Waals surface area contributed by atoms with Crippen LogP contribution in [0.25, 0.3) is 5.69 Å². The van der Waals surface area contributed by atoms with Gasteiger partial charge in [0.1, 0.15) is 5.82 Å². The van der Waals surface area contributed by atoms with E-state index in [1.165, 1.54) is 5.56 Å². The fourth-order valence-corrected chi connectivity index (χ4v) is 3.02. The van der Waals surface area contributed by atoms with Gasteiger partial charge in [-0.05, 0) is 43.7 Å². The number of carbonyl (C=O) groups excluding carboxylic acids is 1. The van der Waals surface area contributed by atoms with Crippen LogP contribution in [0, 0.1) is 13.8 Å². The lowest BCUT2D eigenvalue weighted by Gasteiger charge is -2.14. The molecule has 0 fully saturated rings. The largest absolute Gasteiger partial charge is 0.306 e. The van der Waals surface area contributed by atoms with E-state index in [0.717, 1.165) is 21.4 Å². The fraction of sp³-hybridized carbons (Fsp3) is 0.273. The van der Waals surface area contributed by atoms with Gasteiger partial charge in [-0.25, -0.2) is 4.68 Å². The van der Waals surface area contributed by atoms with E-state index in [1.54, 1.807) is 4.68 Å². The van der Waals surface area contributed by atoms with Crippen molar-refractivity contribution in [3.63, 3.8) is 0 Å². The number of carbonyl (C=O) groups is 1. The lowest BCUT2D eigenvalue weighted by molar-refractivity contribution is 0.102. The first-order valence-corrected chi connectivity index (χ1v) is 9.69. The van der Waals surface area contributed by atoms with E-state index >= 15 is 0 Å². The molecule has 0 aliphatic heterocycles. The monoisotopic (exact) mass is 425 g/mol. The third-order valence-electron chi connectivity index (χ3n) is 4.43. The third-order valence-corrected chi connectivity index (χ3v) is 5.29. The highest BCUT2D eigenvalue weighted by Crippen LogP contribution is 2.27. The summed E-state index contributed by atoms with van der Waals surface area (Å²) in [6.45, 7) is 10.4. The highest BCUT2D eigenvalue weighted by atomic mass is 79.9. The molecule has 3 rings (SSSR count). The Balaban J connectivity index is 2.00. The molecule has 140 valence electrons. The molecular formula is C22H24BrN3O. The summed E-state index contributed by atoms with van der Waals surface area (Å²) in [6.07, 6.45) is 0. The maximum atomic E-state index is 12.8. The van der Waals surface area contributed by atoms with Gasteiger partial charge in [0, 0.05) is 21.5 Å². The van der Waals surface area contributed by atoms with Crippen molar-refractivity contribution in [2.45, 2.75) is 40.0 Å². The Labute approximate surface area is 168 Å². The predicted molar refractivity (Wildman–Crippen MR) is 114 cm³/mol. The number of hydrogen-bond donors (Lipinski definition) is 1. The second kappa shape index (κ2) is 7.31. The molecule has 1 heterocycles. The molecule has 0 aliphatic rings. The van der Waals surface area contributed by atoms with Crippen LogP contribution in [0.4, 0.5) is 5.82 Å². The summed E-state index contributed by atoms with van der Waals surface area (Å²) >= 11 is 3.49. The van der Waals surface area contributed by atoms with Gasteiger partial charge in [-0.2, -0.15) is 5.10 Å². The molecule has 0 aliphatic carbocycles. The SMILES string of the molecule is Cc1ccc(-n2nc(C(C)(C)C)cc2NC(=O)c2ccc(C)c(Br)c2)cc1. The number of rotatable bonds is 3. The van der Waals surface area contributed by atoms with Crippen LogP contribution in [-0.4, -0.2) is 15.7 Å². The number of aromatic nitrogens is 2. The smallest absolute Gasteiger partial charge is 0.256 e. The molecule has 0 unspecified atom stereocenters. The topological polar surface area (TPSA) is 46.9 Å². The summed E-state index contributed by atoms with van der Waals surface area (Å²) in [6, 6.07) is 15.6. The second-order valence-electron chi connectivity index (χ2n) is 7.83. The molecule has 27 heavy (non-hydrogen) atoms. The minimum Gasteiger partial charge on any atom is -0.306 e. The number of nitrogens with zero attached hydrogens (tertiary/aromatic N) is 2. The van der Waals surface area contributed by atoms with Gasteiger partial charge in [-0.1, -0.05) is 60.5 Å². The summed E-state index contributed by atoms with van der Waals surface area (Å²) in [4.78, 5) is 12.8. The van der Waals surface area contributed by atoms with E-state index in [1.807, 2.05) is 62.4 Å². The van der Waals surface area contributed by atoms with Gasteiger partial charge in [0.2, 0.25) is 0 Å². The molecule has 1 aromatic heterocycles. The van der Waals surface area contributed by atoms with Crippen LogP contribution in [0.1, 0.15) is 48.0 Å². The molecule has 4 nitrogen and oxygen atoms in total. The molecule has 0 radical (unpaired) electrons. The van der Waals surface area contributed by atoms with Crippen LogP contribution in [0.3, 0.4) is 0 Å². The molecule has 0 atom stereocenters.